The molecule has 2 N–H and O–H groups in total. The second-order valence-corrected chi connectivity index (χ2v) is 5.53. The second kappa shape index (κ2) is 5.98. The highest BCUT2D eigenvalue weighted by atomic mass is 32.2. The molecule has 0 saturated heterocycles. The third-order valence-electron chi connectivity index (χ3n) is 3.07. The van der Waals surface area contributed by atoms with Crippen LogP contribution in [0.5, 0.6) is 0 Å². The Morgan fingerprint density at radius 1 is 1.32 bits per heavy atom. The average Bonchev–Trinajstić information content (AvgIpc) is 2.52. The van der Waals surface area contributed by atoms with Crippen molar-refractivity contribution in [1.82, 2.24) is 9.97 Å². The summed E-state index contributed by atoms with van der Waals surface area (Å²) in [5.41, 5.74) is 1.83. The van der Waals surface area contributed by atoms with Crippen molar-refractivity contribution in [3.05, 3.63) is 42.2 Å². The van der Waals surface area contributed by atoms with E-state index in [-0.39, 0.29) is 5.75 Å². The van der Waals surface area contributed by atoms with Crippen LogP contribution in [-0.2, 0) is 4.79 Å². The maximum Gasteiger partial charge on any atom is 0.313 e. The van der Waals surface area contributed by atoms with E-state index in [2.05, 4.69) is 15.1 Å². The zero-order chi connectivity index (χ0) is 15.5. The van der Waals surface area contributed by atoms with Gasteiger partial charge >= 0.3 is 5.97 Å². The van der Waals surface area contributed by atoms with Gasteiger partial charge in [-0.25, -0.2) is 4.98 Å². The lowest BCUT2D eigenvalue weighted by molar-refractivity contribution is -0.133. The minimum atomic E-state index is -0.897. The molecule has 22 heavy (non-hydrogen) atoms. The van der Waals surface area contributed by atoms with Crippen LogP contribution in [0.3, 0.4) is 0 Å². The molecule has 0 aliphatic heterocycles. The Balaban J connectivity index is 2.28. The van der Waals surface area contributed by atoms with Crippen molar-refractivity contribution < 1.29 is 15.1 Å². The van der Waals surface area contributed by atoms with Gasteiger partial charge in [0.1, 0.15) is 0 Å². The molecule has 7 heteroatoms. The van der Waals surface area contributed by atoms with Gasteiger partial charge in [-0.1, -0.05) is 23.4 Å². The predicted molar refractivity (Wildman–Crippen MR) is 84.8 cm³/mol. The smallest absolute Gasteiger partial charge is 0.313 e. The van der Waals surface area contributed by atoms with Crippen molar-refractivity contribution in [2.75, 3.05) is 5.75 Å². The predicted octanol–water partition coefficient (Wildman–Crippen LogP) is 2.77. The summed E-state index contributed by atoms with van der Waals surface area (Å²) in [7, 11) is 0. The molecule has 110 valence electrons. The van der Waals surface area contributed by atoms with Gasteiger partial charge in [0.15, 0.2) is 0 Å². The van der Waals surface area contributed by atoms with Crippen molar-refractivity contribution in [2.45, 2.75) is 4.90 Å². The van der Waals surface area contributed by atoms with E-state index >= 15 is 0 Å². The number of carboxylic acids is 1. The maximum absolute atomic E-state index is 10.8. The van der Waals surface area contributed by atoms with Crippen LogP contribution in [-0.4, -0.2) is 38.2 Å². The minimum Gasteiger partial charge on any atom is -0.481 e. The summed E-state index contributed by atoms with van der Waals surface area (Å²) >= 11 is 1.20. The summed E-state index contributed by atoms with van der Waals surface area (Å²) in [5, 5.41) is 22.4. The van der Waals surface area contributed by atoms with E-state index in [1.165, 1.54) is 18.0 Å². The molecule has 0 aliphatic rings. The van der Waals surface area contributed by atoms with Gasteiger partial charge in [-0.3, -0.25) is 9.78 Å². The van der Waals surface area contributed by atoms with E-state index in [9.17, 15) is 4.79 Å². The molecule has 3 aromatic rings. The molecule has 0 unspecified atom stereocenters. The third kappa shape index (κ3) is 2.71. The van der Waals surface area contributed by atoms with Gasteiger partial charge in [0.2, 0.25) is 0 Å². The van der Waals surface area contributed by atoms with E-state index in [1.807, 2.05) is 24.3 Å². The molecule has 2 aromatic heterocycles. The van der Waals surface area contributed by atoms with Gasteiger partial charge in [-0.05, 0) is 12.1 Å². The van der Waals surface area contributed by atoms with Gasteiger partial charge in [-0.2, -0.15) is 0 Å². The van der Waals surface area contributed by atoms with Gasteiger partial charge in [0.25, 0.3) is 0 Å². The zero-order valence-electron chi connectivity index (χ0n) is 11.3. The molecular weight excluding hydrogens is 302 g/mol. The van der Waals surface area contributed by atoms with Crippen molar-refractivity contribution in [1.29, 1.82) is 0 Å². The van der Waals surface area contributed by atoms with Crippen LogP contribution in [0.25, 0.3) is 21.8 Å². The lowest BCUT2D eigenvalue weighted by Gasteiger charge is -2.08. The largest absolute Gasteiger partial charge is 0.481 e. The molecule has 0 aliphatic carbocycles. The first-order chi connectivity index (χ1) is 10.7. The van der Waals surface area contributed by atoms with Crippen molar-refractivity contribution in [3.63, 3.8) is 0 Å². The summed E-state index contributed by atoms with van der Waals surface area (Å²) in [5.74, 6) is -0.957. The molecule has 1 aromatic carbocycles. The van der Waals surface area contributed by atoms with Crippen LogP contribution in [0.15, 0.2) is 46.6 Å². The molecule has 0 radical (unpaired) electrons. The lowest BCUT2D eigenvalue weighted by Crippen LogP contribution is -1.99. The Morgan fingerprint density at radius 3 is 2.95 bits per heavy atom. The normalized spacial score (nSPS) is 11.5. The van der Waals surface area contributed by atoms with Gasteiger partial charge < -0.3 is 10.3 Å². The first-order valence-corrected chi connectivity index (χ1v) is 7.38. The number of pyridine rings is 2. The fraction of sp³-hybridized carbons (Fsp3) is 0.0667. The number of rotatable bonds is 4. The molecule has 0 bridgehead atoms. The van der Waals surface area contributed by atoms with Crippen molar-refractivity contribution >= 4 is 45.8 Å². The van der Waals surface area contributed by atoms with Gasteiger partial charge in [0.05, 0.1) is 28.7 Å². The Bertz CT molecular complexity index is 896. The molecule has 3 rings (SSSR count). The molecule has 0 saturated carbocycles. The van der Waals surface area contributed by atoms with Crippen LogP contribution in [0.2, 0.25) is 0 Å². The molecule has 0 amide bonds. The molecule has 0 atom stereocenters. The highest BCUT2D eigenvalue weighted by Crippen LogP contribution is 2.31. The molecule has 0 fully saturated rings. The number of fused-ring (bicyclic) bond motifs is 3. The van der Waals surface area contributed by atoms with Crippen LogP contribution in [0, 0.1) is 0 Å². The van der Waals surface area contributed by atoms with Crippen molar-refractivity contribution in [3.8, 4) is 0 Å². The van der Waals surface area contributed by atoms with Crippen LogP contribution in [0.4, 0.5) is 0 Å². The highest BCUT2D eigenvalue weighted by Gasteiger charge is 2.11. The number of hydrogen-bond acceptors (Lipinski definition) is 6. The molecule has 2 heterocycles. The van der Waals surface area contributed by atoms with Crippen molar-refractivity contribution in [2.24, 2.45) is 5.16 Å². The number of thioether (sulfide) groups is 1. The Labute approximate surface area is 129 Å². The summed E-state index contributed by atoms with van der Waals surface area (Å²) in [4.78, 5) is 20.4. The van der Waals surface area contributed by atoms with Crippen LogP contribution >= 0.6 is 11.8 Å². The fourth-order valence-electron chi connectivity index (χ4n) is 2.20. The number of carboxylic acid groups (broad SMARTS) is 1. The summed E-state index contributed by atoms with van der Waals surface area (Å²) in [6.45, 7) is 0. The van der Waals surface area contributed by atoms with E-state index in [1.54, 1.807) is 12.3 Å². The third-order valence-corrected chi connectivity index (χ3v) is 4.11. The Kier molecular flexibility index (Phi) is 3.88. The first-order valence-electron chi connectivity index (χ1n) is 6.39. The van der Waals surface area contributed by atoms with Gasteiger partial charge in [-0.15, -0.1) is 11.8 Å². The van der Waals surface area contributed by atoms with E-state index in [0.29, 0.717) is 11.2 Å². The number of oxime groups is 1. The fourth-order valence-corrected chi connectivity index (χ4v) is 3.00. The monoisotopic (exact) mass is 313 g/mol. The lowest BCUT2D eigenvalue weighted by atomic mass is 10.1. The van der Waals surface area contributed by atoms with E-state index in [4.69, 9.17) is 10.3 Å². The number of hydrogen-bond donors (Lipinski definition) is 2. The van der Waals surface area contributed by atoms with Gasteiger partial charge in [0, 0.05) is 21.9 Å². The minimum absolute atomic E-state index is 0.0604. The molecule has 6 nitrogen and oxygen atoms in total. The Morgan fingerprint density at radius 2 is 2.18 bits per heavy atom. The topological polar surface area (TPSA) is 95.7 Å². The number of aromatic nitrogens is 2. The summed E-state index contributed by atoms with van der Waals surface area (Å²) in [6.07, 6.45) is 2.90. The number of carbonyl (C=O) groups is 1. The average molecular weight is 313 g/mol. The summed E-state index contributed by atoms with van der Waals surface area (Å²) < 4.78 is 0. The number of nitrogens with zero attached hydrogens (tertiary/aromatic N) is 3. The highest BCUT2D eigenvalue weighted by molar-refractivity contribution is 8.00. The zero-order valence-corrected chi connectivity index (χ0v) is 12.1. The Hall–Kier alpha value is -2.67. The number of benzene rings is 1. The van der Waals surface area contributed by atoms with Crippen LogP contribution in [0.1, 0.15) is 5.69 Å². The molecular formula is C15H11N3O3S. The first kappa shape index (κ1) is 14.3. The van der Waals surface area contributed by atoms with Crippen LogP contribution < -0.4 is 0 Å². The maximum atomic E-state index is 10.8. The number of aliphatic carboxylic acids is 1. The quantitative estimate of drug-likeness (QED) is 0.253. The van der Waals surface area contributed by atoms with E-state index < -0.39 is 5.97 Å². The second-order valence-electron chi connectivity index (χ2n) is 4.51. The molecule has 0 spiro atoms. The SMILES string of the molecule is O=C(O)CSc1cc(C=NO)nc2c1ccc1cccnc12. The summed E-state index contributed by atoms with van der Waals surface area (Å²) in [6, 6.07) is 9.30. The van der Waals surface area contributed by atoms with E-state index in [0.717, 1.165) is 21.2 Å². The standard InChI is InChI=1S/C15H11N3O3S/c19-13(20)8-22-12-6-10(7-17-21)18-15-11(12)4-3-9-2-1-5-16-14(9)15/h1-7,21H,8H2,(H,19,20).